The van der Waals surface area contributed by atoms with Crippen LogP contribution in [0.3, 0.4) is 0 Å². The van der Waals surface area contributed by atoms with E-state index in [1.54, 1.807) is 21.0 Å². The number of hydrogen-bond acceptors (Lipinski definition) is 4. The molecule has 2 N–H and O–H groups in total. The summed E-state index contributed by atoms with van der Waals surface area (Å²) in [5.41, 5.74) is 0.342. The van der Waals surface area contributed by atoms with Crippen molar-refractivity contribution >= 4 is 21.8 Å². The highest BCUT2D eigenvalue weighted by Gasteiger charge is 2.17. The van der Waals surface area contributed by atoms with Crippen molar-refractivity contribution in [2.45, 2.75) is 37.6 Å². The predicted molar refractivity (Wildman–Crippen MR) is 92.2 cm³/mol. The molecule has 0 aliphatic rings. The molecule has 0 radical (unpaired) electrons. The summed E-state index contributed by atoms with van der Waals surface area (Å²) in [5, 5.41) is 2.63. The largest absolute Gasteiger partial charge is 0.352 e. The molecule has 134 valence electrons. The van der Waals surface area contributed by atoms with E-state index in [9.17, 15) is 18.0 Å². The first kappa shape index (κ1) is 20.1. The van der Waals surface area contributed by atoms with Gasteiger partial charge in [0.15, 0.2) is 0 Å². The van der Waals surface area contributed by atoms with Gasteiger partial charge in [0, 0.05) is 38.7 Å². The number of benzene rings is 1. The molecule has 0 fully saturated rings. The zero-order valence-corrected chi connectivity index (χ0v) is 15.3. The van der Waals surface area contributed by atoms with Crippen LogP contribution >= 0.6 is 0 Å². The molecule has 0 aliphatic heterocycles. The molecule has 7 nitrogen and oxygen atoms in total. The van der Waals surface area contributed by atoms with E-state index in [0.717, 1.165) is 0 Å². The molecule has 1 rings (SSSR count). The van der Waals surface area contributed by atoms with Crippen LogP contribution in [0.25, 0.3) is 0 Å². The van der Waals surface area contributed by atoms with Crippen LogP contribution in [0.1, 0.15) is 37.0 Å². The van der Waals surface area contributed by atoms with Gasteiger partial charge in [0.1, 0.15) is 0 Å². The van der Waals surface area contributed by atoms with Crippen molar-refractivity contribution in [2.75, 3.05) is 20.6 Å². The SMILES string of the molecule is CCC(C)NS(=O)(=O)c1ccc(C(=O)NCCC(=O)N(C)C)cc1. The van der Waals surface area contributed by atoms with Gasteiger partial charge in [0.2, 0.25) is 15.9 Å². The van der Waals surface area contributed by atoms with Crippen LogP contribution in [0.5, 0.6) is 0 Å². The quantitative estimate of drug-likeness (QED) is 0.726. The second-order valence-corrected chi connectivity index (χ2v) is 7.46. The molecule has 2 amide bonds. The molecule has 0 saturated carbocycles. The van der Waals surface area contributed by atoms with Crippen molar-refractivity contribution in [2.24, 2.45) is 0 Å². The lowest BCUT2D eigenvalue weighted by molar-refractivity contribution is -0.128. The first-order valence-electron chi connectivity index (χ1n) is 7.78. The average molecular weight is 355 g/mol. The van der Waals surface area contributed by atoms with Gasteiger partial charge in [-0.15, -0.1) is 0 Å². The van der Waals surface area contributed by atoms with Gasteiger partial charge < -0.3 is 10.2 Å². The van der Waals surface area contributed by atoms with E-state index in [1.165, 1.54) is 29.2 Å². The molecule has 0 spiro atoms. The van der Waals surface area contributed by atoms with E-state index >= 15 is 0 Å². The number of hydrogen-bond donors (Lipinski definition) is 2. The summed E-state index contributed by atoms with van der Waals surface area (Å²) in [4.78, 5) is 25.0. The van der Waals surface area contributed by atoms with Crippen molar-refractivity contribution in [1.82, 2.24) is 14.9 Å². The predicted octanol–water partition coefficient (Wildman–Crippen LogP) is 0.972. The van der Waals surface area contributed by atoms with E-state index in [4.69, 9.17) is 0 Å². The molecule has 1 aromatic carbocycles. The van der Waals surface area contributed by atoms with Crippen molar-refractivity contribution < 1.29 is 18.0 Å². The summed E-state index contributed by atoms with van der Waals surface area (Å²) in [6, 6.07) is 5.53. The van der Waals surface area contributed by atoms with Gasteiger partial charge in [0.25, 0.3) is 5.91 Å². The van der Waals surface area contributed by atoms with E-state index in [0.29, 0.717) is 12.0 Å². The Labute approximate surface area is 143 Å². The summed E-state index contributed by atoms with van der Waals surface area (Å²) in [5.74, 6) is -0.423. The topological polar surface area (TPSA) is 95.6 Å². The van der Waals surface area contributed by atoms with Crippen LogP contribution in [-0.2, 0) is 14.8 Å². The van der Waals surface area contributed by atoms with Crippen molar-refractivity contribution in [3.63, 3.8) is 0 Å². The first-order valence-corrected chi connectivity index (χ1v) is 9.26. The number of carbonyl (C=O) groups excluding carboxylic acids is 2. The Bertz CT molecular complexity index is 669. The van der Waals surface area contributed by atoms with Gasteiger partial charge in [-0.1, -0.05) is 6.92 Å². The first-order chi connectivity index (χ1) is 11.2. The molecular weight excluding hydrogens is 330 g/mol. The van der Waals surface area contributed by atoms with E-state index in [2.05, 4.69) is 10.0 Å². The van der Waals surface area contributed by atoms with E-state index in [-0.39, 0.29) is 35.7 Å². The number of carbonyl (C=O) groups is 2. The summed E-state index contributed by atoms with van der Waals surface area (Å²) in [6.45, 7) is 3.90. The number of amides is 2. The highest BCUT2D eigenvalue weighted by Crippen LogP contribution is 2.11. The van der Waals surface area contributed by atoms with Crippen molar-refractivity contribution in [3.05, 3.63) is 29.8 Å². The third kappa shape index (κ3) is 5.93. The lowest BCUT2D eigenvalue weighted by atomic mass is 10.2. The third-order valence-electron chi connectivity index (χ3n) is 3.52. The van der Waals surface area contributed by atoms with Crippen LogP contribution < -0.4 is 10.0 Å². The van der Waals surface area contributed by atoms with E-state index < -0.39 is 10.0 Å². The summed E-state index contributed by atoms with van der Waals surface area (Å²) in [6.07, 6.45) is 0.898. The molecule has 8 heteroatoms. The highest BCUT2D eigenvalue weighted by atomic mass is 32.2. The summed E-state index contributed by atoms with van der Waals surface area (Å²) < 4.78 is 26.8. The smallest absolute Gasteiger partial charge is 0.251 e. The highest BCUT2D eigenvalue weighted by molar-refractivity contribution is 7.89. The van der Waals surface area contributed by atoms with Gasteiger partial charge in [0.05, 0.1) is 4.90 Å². The zero-order valence-electron chi connectivity index (χ0n) is 14.5. The summed E-state index contributed by atoms with van der Waals surface area (Å²) in [7, 11) is -0.285. The fourth-order valence-corrected chi connectivity index (χ4v) is 3.14. The summed E-state index contributed by atoms with van der Waals surface area (Å²) >= 11 is 0. The second kappa shape index (κ2) is 8.79. The van der Waals surface area contributed by atoms with Crippen molar-refractivity contribution in [1.29, 1.82) is 0 Å². The number of nitrogens with one attached hydrogen (secondary N) is 2. The molecule has 0 aliphatic carbocycles. The Morgan fingerprint density at radius 1 is 1.17 bits per heavy atom. The fourth-order valence-electron chi connectivity index (χ4n) is 1.81. The molecule has 1 unspecified atom stereocenters. The Morgan fingerprint density at radius 2 is 1.75 bits per heavy atom. The number of rotatable bonds is 8. The number of sulfonamides is 1. The molecule has 0 heterocycles. The minimum atomic E-state index is -3.58. The minimum Gasteiger partial charge on any atom is -0.352 e. The molecule has 0 bridgehead atoms. The average Bonchev–Trinajstić information content (AvgIpc) is 2.54. The Balaban J connectivity index is 2.67. The van der Waals surface area contributed by atoms with Gasteiger partial charge in [-0.25, -0.2) is 13.1 Å². The zero-order chi connectivity index (χ0) is 18.3. The third-order valence-corrected chi connectivity index (χ3v) is 5.12. The Kier molecular flexibility index (Phi) is 7.37. The second-order valence-electron chi connectivity index (χ2n) is 5.75. The maximum absolute atomic E-state index is 12.1. The van der Waals surface area contributed by atoms with Gasteiger partial charge in [-0.05, 0) is 37.6 Å². The maximum atomic E-state index is 12.1. The molecular formula is C16H25N3O4S. The van der Waals surface area contributed by atoms with Gasteiger partial charge in [-0.2, -0.15) is 0 Å². The Hall–Kier alpha value is -1.93. The molecule has 0 aromatic heterocycles. The van der Waals surface area contributed by atoms with Crippen LogP contribution in [-0.4, -0.2) is 51.8 Å². The van der Waals surface area contributed by atoms with Crippen LogP contribution in [0, 0.1) is 0 Å². The van der Waals surface area contributed by atoms with Crippen LogP contribution in [0.4, 0.5) is 0 Å². The molecule has 0 saturated heterocycles. The standard InChI is InChI=1S/C16H25N3O4S/c1-5-12(2)18-24(22,23)14-8-6-13(7-9-14)16(21)17-11-10-15(20)19(3)4/h6-9,12,18H,5,10-11H2,1-4H3,(H,17,21). The molecule has 1 aromatic rings. The van der Waals surface area contributed by atoms with Crippen LogP contribution in [0.15, 0.2) is 29.2 Å². The number of nitrogens with zero attached hydrogens (tertiary/aromatic N) is 1. The van der Waals surface area contributed by atoms with Crippen molar-refractivity contribution in [3.8, 4) is 0 Å². The van der Waals surface area contributed by atoms with Gasteiger partial charge in [-0.3, -0.25) is 9.59 Å². The minimum absolute atomic E-state index is 0.0761. The Morgan fingerprint density at radius 3 is 2.25 bits per heavy atom. The molecule has 1 atom stereocenters. The van der Waals surface area contributed by atoms with Gasteiger partial charge >= 0.3 is 0 Å². The lowest BCUT2D eigenvalue weighted by Crippen LogP contribution is -2.32. The lowest BCUT2D eigenvalue weighted by Gasteiger charge is -2.12. The van der Waals surface area contributed by atoms with E-state index in [1.807, 2.05) is 6.92 Å². The van der Waals surface area contributed by atoms with Crippen LogP contribution in [0.2, 0.25) is 0 Å². The maximum Gasteiger partial charge on any atom is 0.251 e. The normalized spacial score (nSPS) is 12.5. The molecule has 24 heavy (non-hydrogen) atoms. The monoisotopic (exact) mass is 355 g/mol. The fraction of sp³-hybridized carbons (Fsp3) is 0.500.